The van der Waals surface area contributed by atoms with Crippen molar-refractivity contribution in [3.05, 3.63) is 95.1 Å². The molecule has 0 fully saturated rings. The lowest BCUT2D eigenvalue weighted by molar-refractivity contribution is -0.288. The van der Waals surface area contributed by atoms with Crippen LogP contribution in [0.4, 0.5) is 43.9 Å². The topological polar surface area (TPSA) is 52.6 Å². The quantitative estimate of drug-likeness (QED) is 0.125. The highest BCUT2D eigenvalue weighted by molar-refractivity contribution is 5.88. The Morgan fingerprint density at radius 2 is 0.889 bits per heavy atom. The molecule has 0 saturated carbocycles. The molecule has 0 bridgehead atoms. The van der Waals surface area contributed by atoms with Crippen molar-refractivity contribution in [2.75, 3.05) is 0 Å². The van der Waals surface area contributed by atoms with Crippen molar-refractivity contribution in [1.29, 1.82) is 0 Å². The number of ketones is 1. The zero-order valence-corrected chi connectivity index (χ0v) is 24.0. The molecule has 0 atom stereocenters. The predicted molar refractivity (Wildman–Crippen MR) is 141 cm³/mol. The molecule has 3 aromatic carbocycles. The van der Waals surface area contributed by atoms with Crippen molar-refractivity contribution in [2.45, 2.75) is 63.4 Å². The Balaban J connectivity index is 1.94. The minimum atomic E-state index is -5.94. The third-order valence-electron chi connectivity index (χ3n) is 6.71. The van der Waals surface area contributed by atoms with Crippen LogP contribution < -0.4 is 9.47 Å². The number of ether oxygens (including phenoxy) is 2. The SMILES string of the molecule is CC(C)Oc1ccc(C(c2ccc(OC(=O)C(F)(F)c3ccc(C(F)(F)C(=O)C(C)C)cc3)cc2)(C(F)(F)F)C(F)(F)F)cc1. The van der Waals surface area contributed by atoms with Crippen LogP contribution in [-0.2, 0) is 26.8 Å². The van der Waals surface area contributed by atoms with Crippen LogP contribution in [0.2, 0.25) is 0 Å². The summed E-state index contributed by atoms with van der Waals surface area (Å²) >= 11 is 0. The Labute approximate surface area is 250 Å². The van der Waals surface area contributed by atoms with Gasteiger partial charge in [-0.25, -0.2) is 4.79 Å². The molecule has 0 aromatic heterocycles. The Kier molecular flexibility index (Phi) is 9.72. The molecule has 0 aliphatic rings. The van der Waals surface area contributed by atoms with E-state index in [1.165, 1.54) is 13.8 Å². The summed E-state index contributed by atoms with van der Waals surface area (Å²) in [6, 6.07) is 6.67. The second-order valence-corrected chi connectivity index (χ2v) is 10.6. The van der Waals surface area contributed by atoms with Crippen molar-refractivity contribution in [2.24, 2.45) is 5.92 Å². The van der Waals surface area contributed by atoms with Gasteiger partial charge < -0.3 is 9.47 Å². The summed E-state index contributed by atoms with van der Waals surface area (Å²) in [5.74, 6) is -14.2. The molecule has 0 radical (unpaired) electrons. The Morgan fingerprint density at radius 1 is 0.533 bits per heavy atom. The van der Waals surface area contributed by atoms with Crippen molar-refractivity contribution in [3.63, 3.8) is 0 Å². The number of esters is 1. The number of benzene rings is 3. The Hall–Kier alpha value is -4.10. The van der Waals surface area contributed by atoms with Gasteiger partial charge in [0.25, 0.3) is 0 Å². The Morgan fingerprint density at radius 3 is 1.24 bits per heavy atom. The van der Waals surface area contributed by atoms with Gasteiger partial charge >= 0.3 is 30.2 Å². The van der Waals surface area contributed by atoms with E-state index in [2.05, 4.69) is 4.74 Å². The van der Waals surface area contributed by atoms with Gasteiger partial charge in [0.15, 0.2) is 0 Å². The normalized spacial score (nSPS) is 13.2. The third-order valence-corrected chi connectivity index (χ3v) is 6.71. The monoisotopic (exact) mass is 652 g/mol. The van der Waals surface area contributed by atoms with Crippen LogP contribution in [0.15, 0.2) is 72.8 Å². The molecular formula is C31H26F10O4. The first-order valence-electron chi connectivity index (χ1n) is 13.2. The van der Waals surface area contributed by atoms with E-state index < -0.39 is 81.4 Å². The highest BCUT2D eigenvalue weighted by Crippen LogP contribution is 2.56. The number of halogens is 10. The van der Waals surface area contributed by atoms with Crippen LogP contribution in [0.25, 0.3) is 0 Å². The fraction of sp³-hybridized carbons (Fsp3) is 0.355. The van der Waals surface area contributed by atoms with Gasteiger partial charge in [-0.15, -0.1) is 0 Å². The van der Waals surface area contributed by atoms with E-state index in [0.717, 1.165) is 12.1 Å². The molecule has 0 N–H and O–H groups in total. The van der Waals surface area contributed by atoms with Crippen LogP contribution in [0, 0.1) is 5.92 Å². The molecule has 0 unspecified atom stereocenters. The molecule has 14 heteroatoms. The van der Waals surface area contributed by atoms with Crippen molar-refractivity contribution >= 4 is 11.8 Å². The Bertz CT molecular complexity index is 1480. The molecular weight excluding hydrogens is 626 g/mol. The van der Waals surface area contributed by atoms with Gasteiger partial charge in [0.2, 0.25) is 11.2 Å². The van der Waals surface area contributed by atoms with Crippen molar-refractivity contribution in [1.82, 2.24) is 0 Å². The molecule has 45 heavy (non-hydrogen) atoms. The average Bonchev–Trinajstić information content (AvgIpc) is 2.93. The first-order valence-corrected chi connectivity index (χ1v) is 13.2. The maximum Gasteiger partial charge on any atom is 0.411 e. The third kappa shape index (κ3) is 6.79. The number of hydrogen-bond acceptors (Lipinski definition) is 4. The zero-order valence-electron chi connectivity index (χ0n) is 24.0. The summed E-state index contributed by atoms with van der Waals surface area (Å²) in [6.45, 7) is 5.63. The summed E-state index contributed by atoms with van der Waals surface area (Å²) < 4.78 is 154. The van der Waals surface area contributed by atoms with E-state index in [9.17, 15) is 53.5 Å². The maximum atomic E-state index is 14.8. The maximum absolute atomic E-state index is 14.8. The fourth-order valence-electron chi connectivity index (χ4n) is 4.49. The van der Waals surface area contributed by atoms with Crippen molar-refractivity contribution < 1.29 is 63.0 Å². The van der Waals surface area contributed by atoms with E-state index in [1.807, 2.05) is 0 Å². The first-order chi connectivity index (χ1) is 20.6. The van der Waals surface area contributed by atoms with E-state index >= 15 is 0 Å². The summed E-state index contributed by atoms with van der Waals surface area (Å²) in [4.78, 5) is 24.1. The lowest BCUT2D eigenvalue weighted by Crippen LogP contribution is -2.54. The van der Waals surface area contributed by atoms with Crippen LogP contribution in [0.1, 0.15) is 49.9 Å². The molecule has 4 nitrogen and oxygen atoms in total. The number of carbonyl (C=O) groups excluding carboxylic acids is 2. The number of alkyl halides is 10. The highest BCUT2D eigenvalue weighted by Gasteiger charge is 2.72. The molecule has 244 valence electrons. The zero-order chi connectivity index (χ0) is 34.2. The second-order valence-electron chi connectivity index (χ2n) is 10.6. The van der Waals surface area contributed by atoms with E-state index in [0.29, 0.717) is 60.7 Å². The van der Waals surface area contributed by atoms with Crippen LogP contribution >= 0.6 is 0 Å². The van der Waals surface area contributed by atoms with E-state index in [4.69, 9.17) is 4.74 Å². The molecule has 0 aliphatic heterocycles. The summed E-state index contributed by atoms with van der Waals surface area (Å²) in [5, 5.41) is 0. The largest absolute Gasteiger partial charge is 0.491 e. The lowest BCUT2D eigenvalue weighted by atomic mass is 9.73. The standard InChI is InChI=1S/C31H26F10O4/c1-17(2)25(42)28(32,33)21-5-7-22(8-6-21)29(34,35)26(43)45-24-15-11-20(12-16-24)27(30(36,37)38,31(39,40)41)19-9-13-23(14-10-19)44-18(3)4/h5-18H,1-4H3. The number of hydrogen-bond donors (Lipinski definition) is 0. The van der Waals surface area contributed by atoms with Crippen LogP contribution in [-0.4, -0.2) is 30.2 Å². The summed E-state index contributed by atoms with van der Waals surface area (Å²) in [7, 11) is 0. The van der Waals surface area contributed by atoms with E-state index in [-0.39, 0.29) is 5.75 Å². The fourth-order valence-corrected chi connectivity index (χ4v) is 4.49. The van der Waals surface area contributed by atoms with Gasteiger partial charge in [-0.2, -0.15) is 43.9 Å². The molecule has 0 spiro atoms. The molecule has 3 aromatic rings. The average molecular weight is 653 g/mol. The smallest absolute Gasteiger partial charge is 0.411 e. The number of carbonyl (C=O) groups is 2. The van der Waals surface area contributed by atoms with Gasteiger partial charge in [-0.3, -0.25) is 4.79 Å². The molecule has 3 rings (SSSR count). The van der Waals surface area contributed by atoms with Crippen LogP contribution in [0.5, 0.6) is 11.5 Å². The highest BCUT2D eigenvalue weighted by atomic mass is 19.4. The summed E-state index contributed by atoms with van der Waals surface area (Å²) in [6.07, 6.45) is -12.3. The van der Waals surface area contributed by atoms with Gasteiger partial charge in [0, 0.05) is 17.0 Å². The number of Topliss-reactive ketones (excluding diaryl/α,β-unsaturated/α-hetero) is 1. The van der Waals surface area contributed by atoms with Crippen LogP contribution in [0.3, 0.4) is 0 Å². The minimum Gasteiger partial charge on any atom is -0.491 e. The minimum absolute atomic E-state index is 0.0163. The molecule has 0 amide bonds. The molecule has 0 heterocycles. The van der Waals surface area contributed by atoms with Gasteiger partial charge in [-0.1, -0.05) is 62.4 Å². The lowest BCUT2D eigenvalue weighted by Gasteiger charge is -2.38. The molecule has 0 saturated heterocycles. The first kappa shape index (κ1) is 35.4. The van der Waals surface area contributed by atoms with Gasteiger partial charge in [-0.05, 0) is 49.2 Å². The van der Waals surface area contributed by atoms with Gasteiger partial charge in [0.1, 0.15) is 11.5 Å². The number of rotatable bonds is 10. The van der Waals surface area contributed by atoms with E-state index in [1.54, 1.807) is 13.8 Å². The van der Waals surface area contributed by atoms with Gasteiger partial charge in [0.05, 0.1) is 6.10 Å². The second kappa shape index (κ2) is 12.4. The summed E-state index contributed by atoms with van der Waals surface area (Å²) in [5.41, 5.74) is -9.16. The predicted octanol–water partition coefficient (Wildman–Crippen LogP) is 8.90. The van der Waals surface area contributed by atoms with Crippen molar-refractivity contribution in [3.8, 4) is 11.5 Å². The molecule has 0 aliphatic carbocycles.